The monoisotopic (exact) mass is 329 g/mol. The van der Waals surface area contributed by atoms with E-state index in [1.54, 1.807) is 5.92 Å². The number of hydrogen-bond acceptors (Lipinski definition) is 8. The molecule has 0 aliphatic heterocycles. The van der Waals surface area contributed by atoms with Crippen molar-refractivity contribution in [3.63, 3.8) is 0 Å². The van der Waals surface area contributed by atoms with Gasteiger partial charge in [0.2, 0.25) is 5.95 Å². The fourth-order valence-corrected chi connectivity index (χ4v) is 1.46. The van der Waals surface area contributed by atoms with E-state index in [1.165, 1.54) is 10.9 Å². The molecule has 11 heteroatoms. The first-order chi connectivity index (χ1) is 10.8. The number of terminal acetylenes is 1. The molecule has 2 atom stereocenters. The van der Waals surface area contributed by atoms with Crippen LogP contribution in [0.5, 0.6) is 0 Å². The third kappa shape index (κ3) is 4.02. The lowest BCUT2D eigenvalue weighted by molar-refractivity contribution is -0.195. The summed E-state index contributed by atoms with van der Waals surface area (Å²) in [4.78, 5) is 21.1. The summed E-state index contributed by atoms with van der Waals surface area (Å²) >= 11 is 0. The second-order valence-electron chi connectivity index (χ2n) is 4.20. The summed E-state index contributed by atoms with van der Waals surface area (Å²) in [6.07, 6.45) is 4.27. The number of nitrogen functional groups attached to an aromatic ring is 1. The van der Waals surface area contributed by atoms with Gasteiger partial charge in [0.15, 0.2) is 17.3 Å². The van der Waals surface area contributed by atoms with Crippen LogP contribution in [0, 0.1) is 12.3 Å². The van der Waals surface area contributed by atoms with Crippen LogP contribution in [0.25, 0.3) is 11.2 Å². The van der Waals surface area contributed by atoms with Crippen molar-refractivity contribution in [1.82, 2.24) is 19.5 Å². The van der Waals surface area contributed by atoms with Crippen LogP contribution < -0.4 is 11.3 Å². The summed E-state index contributed by atoms with van der Waals surface area (Å²) < 4.78 is 18.2. The number of fused-ring (bicyclic) bond motifs is 1. The van der Waals surface area contributed by atoms with Gasteiger partial charge in [0.1, 0.15) is 13.3 Å². The van der Waals surface area contributed by atoms with E-state index in [2.05, 4.69) is 26.1 Å². The molecular formula is C12H16FN5O5. The fraction of sp³-hybridized carbons (Fsp3) is 0.417. The molecule has 0 amide bonds. The van der Waals surface area contributed by atoms with Crippen LogP contribution in [0.4, 0.5) is 10.3 Å². The van der Waals surface area contributed by atoms with E-state index in [9.17, 15) is 9.18 Å². The van der Waals surface area contributed by atoms with Gasteiger partial charge in [-0.15, -0.1) is 6.42 Å². The average Bonchev–Trinajstić information content (AvgIpc) is 2.97. The SMILES string of the molecule is C#C[C@H](O)[C@@](F)(CO)OC.Nc1nc2c(ncn2CO)c(=O)[nH]1. The van der Waals surface area contributed by atoms with Crippen molar-refractivity contribution in [2.45, 2.75) is 18.7 Å². The molecule has 0 aliphatic rings. The molecule has 0 spiro atoms. The highest BCUT2D eigenvalue weighted by atomic mass is 19.2. The quantitative estimate of drug-likeness (QED) is 0.400. The number of hydrogen-bond donors (Lipinski definition) is 5. The van der Waals surface area contributed by atoms with Crippen molar-refractivity contribution in [3.05, 3.63) is 16.7 Å². The topological polar surface area (TPSA) is 160 Å². The summed E-state index contributed by atoms with van der Waals surface area (Å²) in [6.45, 7) is -1.25. The molecule has 2 aromatic heterocycles. The van der Waals surface area contributed by atoms with E-state index in [1.807, 2.05) is 0 Å². The summed E-state index contributed by atoms with van der Waals surface area (Å²) in [5, 5.41) is 25.8. The molecule has 10 nitrogen and oxygen atoms in total. The van der Waals surface area contributed by atoms with Crippen LogP contribution in [0.1, 0.15) is 0 Å². The van der Waals surface area contributed by atoms with Gasteiger partial charge in [-0.3, -0.25) is 14.3 Å². The van der Waals surface area contributed by atoms with E-state index in [-0.39, 0.29) is 23.8 Å². The van der Waals surface area contributed by atoms with Crippen molar-refractivity contribution >= 4 is 17.1 Å². The first kappa shape index (κ1) is 18.5. The lowest BCUT2D eigenvalue weighted by Crippen LogP contribution is -2.42. The Morgan fingerprint density at radius 2 is 2.30 bits per heavy atom. The zero-order chi connectivity index (χ0) is 17.6. The number of alkyl halides is 1. The Balaban J connectivity index is 0.000000241. The average molecular weight is 329 g/mol. The number of methoxy groups -OCH3 is 1. The van der Waals surface area contributed by atoms with E-state index < -0.39 is 24.1 Å². The summed E-state index contributed by atoms with van der Waals surface area (Å²) in [5.74, 6) is -0.823. The Labute approximate surface area is 129 Å². The predicted molar refractivity (Wildman–Crippen MR) is 77.6 cm³/mol. The van der Waals surface area contributed by atoms with E-state index in [4.69, 9.17) is 21.1 Å². The summed E-state index contributed by atoms with van der Waals surface area (Å²) in [7, 11) is 1.01. The Morgan fingerprint density at radius 1 is 1.65 bits per heavy atom. The zero-order valence-corrected chi connectivity index (χ0v) is 12.1. The highest BCUT2D eigenvalue weighted by molar-refractivity contribution is 5.70. The molecular weight excluding hydrogens is 313 g/mol. The maximum absolute atomic E-state index is 12.8. The molecule has 0 radical (unpaired) electrons. The van der Waals surface area contributed by atoms with Crippen LogP contribution in [0.15, 0.2) is 11.1 Å². The molecule has 0 unspecified atom stereocenters. The Hall–Kier alpha value is -2.52. The number of nitrogens with zero attached hydrogens (tertiary/aromatic N) is 3. The van der Waals surface area contributed by atoms with Crippen LogP contribution in [0.3, 0.4) is 0 Å². The van der Waals surface area contributed by atoms with Gasteiger partial charge < -0.3 is 25.8 Å². The van der Waals surface area contributed by atoms with Crippen molar-refractivity contribution in [3.8, 4) is 12.3 Å². The Kier molecular flexibility index (Phi) is 6.17. The van der Waals surface area contributed by atoms with Gasteiger partial charge >= 0.3 is 0 Å². The lowest BCUT2D eigenvalue weighted by Gasteiger charge is -2.22. The first-order valence-corrected chi connectivity index (χ1v) is 6.13. The second kappa shape index (κ2) is 7.65. The second-order valence-corrected chi connectivity index (χ2v) is 4.20. The number of aromatic amines is 1. The van der Waals surface area contributed by atoms with E-state index in [0.717, 1.165) is 7.11 Å². The van der Waals surface area contributed by atoms with Crippen molar-refractivity contribution in [1.29, 1.82) is 0 Å². The van der Waals surface area contributed by atoms with Gasteiger partial charge in [-0.1, -0.05) is 5.92 Å². The highest BCUT2D eigenvalue weighted by Gasteiger charge is 2.36. The normalized spacial score (nSPS) is 14.4. The van der Waals surface area contributed by atoms with E-state index >= 15 is 0 Å². The lowest BCUT2D eigenvalue weighted by atomic mass is 10.2. The fourth-order valence-electron chi connectivity index (χ4n) is 1.46. The van der Waals surface area contributed by atoms with Crippen LogP contribution in [-0.2, 0) is 11.5 Å². The molecule has 0 bridgehead atoms. The number of aliphatic hydroxyl groups is 3. The van der Waals surface area contributed by atoms with Gasteiger partial charge in [-0.25, -0.2) is 9.37 Å². The molecule has 0 aromatic carbocycles. The van der Waals surface area contributed by atoms with Crippen LogP contribution in [0.2, 0.25) is 0 Å². The maximum Gasteiger partial charge on any atom is 0.280 e. The number of rotatable bonds is 4. The smallest absolute Gasteiger partial charge is 0.280 e. The highest BCUT2D eigenvalue weighted by Crippen LogP contribution is 2.15. The number of halogens is 1. The number of aliphatic hydroxyl groups excluding tert-OH is 3. The predicted octanol–water partition coefficient (Wildman–Crippen LogP) is -2.06. The Bertz CT molecular complexity index is 748. The molecule has 2 aromatic rings. The summed E-state index contributed by atoms with van der Waals surface area (Å²) in [5.41, 5.74) is 5.36. The van der Waals surface area contributed by atoms with Crippen molar-refractivity contribution in [2.24, 2.45) is 0 Å². The third-order valence-corrected chi connectivity index (χ3v) is 2.77. The molecule has 23 heavy (non-hydrogen) atoms. The first-order valence-electron chi connectivity index (χ1n) is 6.13. The van der Waals surface area contributed by atoms with Gasteiger partial charge in [0.05, 0.1) is 6.33 Å². The van der Waals surface area contributed by atoms with Crippen molar-refractivity contribution < 1.29 is 24.4 Å². The zero-order valence-electron chi connectivity index (χ0n) is 12.1. The standard InChI is InChI=1S/C6H9FO3.C6H7N5O2/c1-3-5(9)6(7,4-8)10-2;7-6-9-4-3(5(13)10-6)8-1-11(4)2-12/h1,5,8-9H,4H2,2H3;1,12H,2H2,(H3,7,9,10,13)/t5-,6+;/m0./s1. The number of aromatic nitrogens is 4. The van der Waals surface area contributed by atoms with Crippen LogP contribution in [-0.4, -0.2) is 60.5 Å². The largest absolute Gasteiger partial charge is 0.390 e. The molecule has 0 aliphatic carbocycles. The van der Waals surface area contributed by atoms with Crippen LogP contribution >= 0.6 is 0 Å². The molecule has 126 valence electrons. The van der Waals surface area contributed by atoms with Gasteiger partial charge in [0, 0.05) is 7.11 Å². The Morgan fingerprint density at radius 3 is 2.74 bits per heavy atom. The molecule has 2 rings (SSSR count). The summed E-state index contributed by atoms with van der Waals surface area (Å²) in [6, 6.07) is 0. The minimum atomic E-state index is -2.53. The molecule has 0 saturated heterocycles. The molecule has 6 N–H and O–H groups in total. The number of imidazole rings is 1. The number of H-pyrrole nitrogens is 1. The molecule has 0 fully saturated rings. The van der Waals surface area contributed by atoms with Crippen molar-refractivity contribution in [2.75, 3.05) is 19.5 Å². The van der Waals surface area contributed by atoms with Gasteiger partial charge in [0.25, 0.3) is 11.4 Å². The number of anilines is 1. The molecule has 2 heterocycles. The number of nitrogens with one attached hydrogen (secondary N) is 1. The minimum Gasteiger partial charge on any atom is -0.390 e. The molecule has 0 saturated carbocycles. The van der Waals surface area contributed by atoms with Gasteiger partial charge in [-0.05, 0) is 0 Å². The van der Waals surface area contributed by atoms with E-state index in [0.29, 0.717) is 0 Å². The third-order valence-electron chi connectivity index (χ3n) is 2.77. The number of nitrogens with two attached hydrogens (primary N) is 1. The van der Waals surface area contributed by atoms with Gasteiger partial charge in [-0.2, -0.15) is 4.98 Å². The number of ether oxygens (including phenoxy) is 1. The minimum absolute atomic E-state index is 0.00713. The maximum atomic E-state index is 12.8.